The molecule has 0 atom stereocenters. The summed E-state index contributed by atoms with van der Waals surface area (Å²) in [5, 5.41) is 4.06. The third-order valence-corrected chi connectivity index (χ3v) is 6.51. The number of piperidine rings is 1. The predicted octanol–water partition coefficient (Wildman–Crippen LogP) is 2.26. The number of rotatable bonds is 8. The average molecular weight is 443 g/mol. The van der Waals surface area contributed by atoms with E-state index in [2.05, 4.69) is 15.2 Å². The van der Waals surface area contributed by atoms with Gasteiger partial charge in [0.05, 0.1) is 20.3 Å². The molecule has 2 fully saturated rings. The number of carbonyl (C=O) groups excluding carboxylic acids is 2. The Balaban J connectivity index is 1.17. The van der Waals surface area contributed by atoms with Crippen molar-refractivity contribution < 1.29 is 19.1 Å². The molecule has 2 aromatic rings. The molecule has 3 heterocycles. The fourth-order valence-corrected chi connectivity index (χ4v) is 4.55. The summed E-state index contributed by atoms with van der Waals surface area (Å²) in [6.07, 6.45) is 3.24. The van der Waals surface area contributed by atoms with Crippen LogP contribution in [-0.2, 0) is 9.53 Å². The minimum atomic E-state index is 0.0196. The number of likely N-dealkylation sites (tertiary alicyclic amines) is 1. The molecule has 0 bridgehead atoms. The van der Waals surface area contributed by atoms with Crippen LogP contribution in [-0.4, -0.2) is 86.2 Å². The first-order valence-corrected chi connectivity index (χ1v) is 11.6. The van der Waals surface area contributed by atoms with Gasteiger partial charge in [-0.05, 0) is 49.9 Å². The summed E-state index contributed by atoms with van der Waals surface area (Å²) in [5.74, 6) is 1.25. The van der Waals surface area contributed by atoms with E-state index in [0.717, 1.165) is 75.3 Å². The smallest absolute Gasteiger partial charge is 0.270 e. The minimum absolute atomic E-state index is 0.0196. The van der Waals surface area contributed by atoms with Gasteiger partial charge in [0.2, 0.25) is 5.91 Å². The third kappa shape index (κ3) is 5.81. The van der Waals surface area contributed by atoms with E-state index in [1.54, 1.807) is 7.11 Å². The first-order chi connectivity index (χ1) is 15.6. The molecule has 2 saturated heterocycles. The molecule has 2 amide bonds. The second-order valence-electron chi connectivity index (χ2n) is 8.73. The van der Waals surface area contributed by atoms with Gasteiger partial charge in [0.25, 0.3) is 5.91 Å². The summed E-state index contributed by atoms with van der Waals surface area (Å²) in [6, 6.07) is 7.64. The highest BCUT2D eigenvalue weighted by atomic mass is 16.5. The lowest BCUT2D eigenvalue weighted by Crippen LogP contribution is -2.40. The van der Waals surface area contributed by atoms with E-state index in [9.17, 15) is 9.59 Å². The Kier molecular flexibility index (Phi) is 7.65. The lowest BCUT2D eigenvalue weighted by Gasteiger charge is -2.31. The Bertz CT molecular complexity index is 914. The molecule has 0 spiro atoms. The second kappa shape index (κ2) is 10.8. The Morgan fingerprint density at radius 2 is 1.94 bits per heavy atom. The third-order valence-electron chi connectivity index (χ3n) is 6.51. The van der Waals surface area contributed by atoms with E-state index in [1.165, 1.54) is 0 Å². The maximum Gasteiger partial charge on any atom is 0.270 e. The van der Waals surface area contributed by atoms with Crippen molar-refractivity contribution >= 4 is 22.7 Å². The molecule has 4 rings (SSSR count). The van der Waals surface area contributed by atoms with Crippen molar-refractivity contribution in [2.45, 2.75) is 25.7 Å². The summed E-state index contributed by atoms with van der Waals surface area (Å²) < 4.78 is 10.6. The highest BCUT2D eigenvalue weighted by molar-refractivity contribution is 5.98. The predicted molar refractivity (Wildman–Crippen MR) is 123 cm³/mol. The molecule has 8 nitrogen and oxygen atoms in total. The van der Waals surface area contributed by atoms with Crippen LogP contribution in [0.4, 0.5) is 0 Å². The van der Waals surface area contributed by atoms with Crippen LogP contribution in [0, 0.1) is 5.92 Å². The Morgan fingerprint density at radius 1 is 1.16 bits per heavy atom. The molecule has 32 heavy (non-hydrogen) atoms. The van der Waals surface area contributed by atoms with Crippen LogP contribution in [0.2, 0.25) is 0 Å². The van der Waals surface area contributed by atoms with E-state index >= 15 is 0 Å². The first-order valence-electron chi connectivity index (χ1n) is 11.6. The lowest BCUT2D eigenvalue weighted by atomic mass is 9.93. The van der Waals surface area contributed by atoms with Crippen molar-refractivity contribution in [3.63, 3.8) is 0 Å². The molecule has 0 aliphatic carbocycles. The van der Waals surface area contributed by atoms with Crippen LogP contribution < -0.4 is 10.1 Å². The second-order valence-corrected chi connectivity index (χ2v) is 8.73. The van der Waals surface area contributed by atoms with Crippen LogP contribution in [0.25, 0.3) is 10.9 Å². The van der Waals surface area contributed by atoms with E-state index in [-0.39, 0.29) is 11.8 Å². The number of nitrogens with zero attached hydrogens (tertiary/aromatic N) is 2. The van der Waals surface area contributed by atoms with Crippen molar-refractivity contribution in [3.05, 3.63) is 30.0 Å². The first kappa shape index (κ1) is 22.6. The molecule has 8 heteroatoms. The number of ether oxygens (including phenoxy) is 2. The van der Waals surface area contributed by atoms with Crippen LogP contribution in [0.3, 0.4) is 0 Å². The summed E-state index contributed by atoms with van der Waals surface area (Å²) in [4.78, 5) is 32.7. The van der Waals surface area contributed by atoms with E-state index in [0.29, 0.717) is 31.1 Å². The van der Waals surface area contributed by atoms with Crippen molar-refractivity contribution in [1.82, 2.24) is 20.1 Å². The molecule has 2 aliphatic heterocycles. The van der Waals surface area contributed by atoms with E-state index in [1.807, 2.05) is 29.2 Å². The molecule has 1 aromatic heterocycles. The van der Waals surface area contributed by atoms with Gasteiger partial charge in [-0.15, -0.1) is 0 Å². The van der Waals surface area contributed by atoms with Crippen molar-refractivity contribution in [1.29, 1.82) is 0 Å². The molecule has 0 radical (unpaired) electrons. The number of hydrogen-bond acceptors (Lipinski definition) is 5. The number of aromatic amines is 1. The molecular weight excluding hydrogens is 408 g/mol. The molecular formula is C24H34N4O4. The van der Waals surface area contributed by atoms with Crippen LogP contribution in [0.5, 0.6) is 5.75 Å². The molecule has 2 N–H and O–H groups in total. The quantitative estimate of drug-likeness (QED) is 0.613. The van der Waals surface area contributed by atoms with Gasteiger partial charge in [0.15, 0.2) is 0 Å². The van der Waals surface area contributed by atoms with Gasteiger partial charge in [-0.2, -0.15) is 0 Å². The van der Waals surface area contributed by atoms with Crippen LogP contribution in [0.15, 0.2) is 24.3 Å². The van der Waals surface area contributed by atoms with Crippen molar-refractivity contribution in [2.24, 2.45) is 5.92 Å². The normalized spacial score (nSPS) is 18.1. The number of nitrogens with one attached hydrogen (secondary N) is 2. The number of aromatic nitrogens is 1. The minimum Gasteiger partial charge on any atom is -0.497 e. The number of carbonyl (C=O) groups is 2. The highest BCUT2D eigenvalue weighted by Gasteiger charge is 2.26. The van der Waals surface area contributed by atoms with Gasteiger partial charge in [-0.1, -0.05) is 0 Å². The van der Waals surface area contributed by atoms with Gasteiger partial charge < -0.3 is 24.7 Å². The summed E-state index contributed by atoms with van der Waals surface area (Å²) in [6.45, 7) is 6.68. The molecule has 0 unspecified atom stereocenters. The van der Waals surface area contributed by atoms with Gasteiger partial charge >= 0.3 is 0 Å². The number of morpholine rings is 1. The Morgan fingerprint density at radius 3 is 2.69 bits per heavy atom. The van der Waals surface area contributed by atoms with Crippen molar-refractivity contribution in [2.75, 3.05) is 59.6 Å². The molecule has 174 valence electrons. The Labute approximate surface area is 189 Å². The zero-order chi connectivity index (χ0) is 22.3. The number of hydrogen-bond donors (Lipinski definition) is 2. The van der Waals surface area contributed by atoms with Crippen molar-refractivity contribution in [3.8, 4) is 5.75 Å². The monoisotopic (exact) mass is 442 g/mol. The van der Waals surface area contributed by atoms with Crippen LogP contribution >= 0.6 is 0 Å². The van der Waals surface area contributed by atoms with E-state index in [4.69, 9.17) is 9.47 Å². The summed E-state index contributed by atoms with van der Waals surface area (Å²) in [7, 11) is 1.63. The van der Waals surface area contributed by atoms with Crippen LogP contribution in [0.1, 0.15) is 36.2 Å². The standard InChI is InChI=1S/C24H34N4O4/c1-31-20-4-3-19-16-22(26-21(19)17-20)24(30)28-9-5-18(6-10-28)15-23(29)25-7-2-8-27-11-13-32-14-12-27/h3-4,16-18,26H,2,5-15H2,1H3,(H,25,29). The summed E-state index contributed by atoms with van der Waals surface area (Å²) in [5.41, 5.74) is 1.50. The summed E-state index contributed by atoms with van der Waals surface area (Å²) >= 11 is 0. The zero-order valence-corrected chi connectivity index (χ0v) is 18.9. The van der Waals surface area contributed by atoms with E-state index < -0.39 is 0 Å². The maximum atomic E-state index is 12.9. The van der Waals surface area contributed by atoms with Gasteiger partial charge in [0.1, 0.15) is 11.4 Å². The topological polar surface area (TPSA) is 86.9 Å². The van der Waals surface area contributed by atoms with Gasteiger partial charge in [-0.3, -0.25) is 14.5 Å². The SMILES string of the molecule is COc1ccc2cc(C(=O)N3CCC(CC(=O)NCCCN4CCOCC4)CC3)[nH]c2c1. The fraction of sp³-hybridized carbons (Fsp3) is 0.583. The number of H-pyrrole nitrogens is 1. The molecule has 1 aromatic carbocycles. The number of amides is 2. The number of fused-ring (bicyclic) bond motifs is 1. The highest BCUT2D eigenvalue weighted by Crippen LogP contribution is 2.25. The average Bonchev–Trinajstić information content (AvgIpc) is 3.26. The van der Waals surface area contributed by atoms with Gasteiger partial charge in [-0.25, -0.2) is 0 Å². The zero-order valence-electron chi connectivity index (χ0n) is 18.9. The number of benzene rings is 1. The number of methoxy groups -OCH3 is 1. The molecule has 2 aliphatic rings. The van der Waals surface area contributed by atoms with Gasteiger partial charge in [0, 0.05) is 56.1 Å². The maximum absolute atomic E-state index is 12.9. The lowest BCUT2D eigenvalue weighted by molar-refractivity contribution is -0.122. The fourth-order valence-electron chi connectivity index (χ4n) is 4.55. The largest absolute Gasteiger partial charge is 0.497 e. The Hall–Kier alpha value is -2.58. The molecule has 0 saturated carbocycles.